The number of aromatic nitrogens is 1. The number of nitrogens with one attached hydrogen (secondary N) is 1. The molecule has 7 nitrogen and oxygen atoms in total. The van der Waals surface area contributed by atoms with Crippen molar-refractivity contribution in [2.24, 2.45) is 5.18 Å². The Balaban J connectivity index is 1.67. The van der Waals surface area contributed by atoms with Crippen molar-refractivity contribution in [1.82, 2.24) is 4.98 Å². The second kappa shape index (κ2) is 7.85. The predicted octanol–water partition coefficient (Wildman–Crippen LogP) is 3.59. The number of aliphatic hydroxyl groups is 1. The number of nitrogens with zero attached hydrogens (tertiary/aromatic N) is 2. The van der Waals surface area contributed by atoms with Crippen LogP contribution in [0.1, 0.15) is 11.1 Å². The molecule has 0 radical (unpaired) electrons. The molecule has 1 aromatic heterocycles. The first-order chi connectivity index (χ1) is 12.6. The van der Waals surface area contributed by atoms with Crippen molar-refractivity contribution in [3.63, 3.8) is 0 Å². The summed E-state index contributed by atoms with van der Waals surface area (Å²) in [5.41, 5.74) is 2.68. The van der Waals surface area contributed by atoms with Crippen molar-refractivity contribution in [1.29, 1.82) is 0 Å². The van der Waals surface area contributed by atoms with Gasteiger partial charge in [-0.15, -0.1) is 16.2 Å². The van der Waals surface area contributed by atoms with Gasteiger partial charge in [-0.3, -0.25) is 4.79 Å². The van der Waals surface area contributed by atoms with Gasteiger partial charge in [0.05, 0.1) is 18.7 Å². The van der Waals surface area contributed by atoms with Crippen LogP contribution >= 0.6 is 11.3 Å². The highest BCUT2D eigenvalue weighted by atomic mass is 32.1. The minimum Gasteiger partial charge on any atom is -0.507 e. The lowest BCUT2D eigenvalue weighted by atomic mass is 10.1. The van der Waals surface area contributed by atoms with Crippen molar-refractivity contribution in [3.05, 3.63) is 63.9 Å². The molecule has 0 fully saturated rings. The highest BCUT2D eigenvalue weighted by Gasteiger charge is 2.12. The molecule has 26 heavy (non-hydrogen) atoms. The van der Waals surface area contributed by atoms with Crippen molar-refractivity contribution >= 4 is 28.1 Å². The summed E-state index contributed by atoms with van der Waals surface area (Å²) >= 11 is 1.24. The maximum absolute atomic E-state index is 12.1. The van der Waals surface area contributed by atoms with Crippen LogP contribution in [0.5, 0.6) is 5.75 Å². The normalized spacial score (nSPS) is 10.5. The van der Waals surface area contributed by atoms with Gasteiger partial charge < -0.3 is 15.5 Å². The quantitative estimate of drug-likeness (QED) is 0.575. The van der Waals surface area contributed by atoms with Gasteiger partial charge in [0.25, 0.3) is 0 Å². The van der Waals surface area contributed by atoms with Crippen LogP contribution in [0, 0.1) is 4.91 Å². The van der Waals surface area contributed by atoms with Crippen molar-refractivity contribution < 1.29 is 15.0 Å². The number of amides is 1. The number of thiazole rings is 1. The van der Waals surface area contributed by atoms with Gasteiger partial charge in [0.1, 0.15) is 11.4 Å². The van der Waals surface area contributed by atoms with Gasteiger partial charge in [-0.25, -0.2) is 4.98 Å². The molecule has 0 aliphatic rings. The van der Waals surface area contributed by atoms with Gasteiger partial charge in [-0.2, -0.15) is 0 Å². The summed E-state index contributed by atoms with van der Waals surface area (Å²) in [5.74, 6) is -0.318. The van der Waals surface area contributed by atoms with Gasteiger partial charge in [-0.1, -0.05) is 24.3 Å². The number of hydrogen-bond acceptors (Lipinski definition) is 7. The minimum atomic E-state index is -0.215. The average Bonchev–Trinajstić information content (AvgIpc) is 3.10. The van der Waals surface area contributed by atoms with E-state index in [1.165, 1.54) is 23.5 Å². The number of aromatic hydroxyl groups is 1. The Morgan fingerprint density at radius 3 is 2.54 bits per heavy atom. The van der Waals surface area contributed by atoms with Gasteiger partial charge in [-0.05, 0) is 28.4 Å². The summed E-state index contributed by atoms with van der Waals surface area (Å²) in [6, 6.07) is 11.4. The lowest BCUT2D eigenvalue weighted by Gasteiger charge is -2.03. The van der Waals surface area contributed by atoms with E-state index in [0.29, 0.717) is 16.4 Å². The lowest BCUT2D eigenvalue weighted by molar-refractivity contribution is -0.115. The molecule has 2 aromatic carbocycles. The number of phenols is 1. The molecule has 1 heterocycles. The molecule has 1 amide bonds. The van der Waals surface area contributed by atoms with E-state index in [-0.39, 0.29) is 30.4 Å². The van der Waals surface area contributed by atoms with Gasteiger partial charge in [0, 0.05) is 17.0 Å². The van der Waals surface area contributed by atoms with E-state index in [0.717, 1.165) is 11.1 Å². The molecule has 0 saturated heterocycles. The molecule has 0 spiro atoms. The maximum atomic E-state index is 12.1. The highest BCUT2D eigenvalue weighted by Crippen LogP contribution is 2.34. The molecule has 8 heteroatoms. The molecule has 0 unspecified atom stereocenters. The first kappa shape index (κ1) is 17.7. The van der Waals surface area contributed by atoms with Gasteiger partial charge >= 0.3 is 0 Å². The van der Waals surface area contributed by atoms with Crippen LogP contribution in [0.3, 0.4) is 0 Å². The van der Waals surface area contributed by atoms with E-state index in [9.17, 15) is 14.8 Å². The topological polar surface area (TPSA) is 112 Å². The number of benzene rings is 2. The van der Waals surface area contributed by atoms with Crippen molar-refractivity contribution in [2.45, 2.75) is 13.0 Å². The largest absolute Gasteiger partial charge is 0.507 e. The number of carbonyl (C=O) groups excluding carboxylic acids is 1. The smallest absolute Gasteiger partial charge is 0.230 e. The van der Waals surface area contributed by atoms with Crippen LogP contribution < -0.4 is 5.32 Å². The van der Waals surface area contributed by atoms with E-state index in [2.05, 4.69) is 15.5 Å². The van der Waals surface area contributed by atoms with Gasteiger partial charge in [0.15, 0.2) is 5.13 Å². The third kappa shape index (κ3) is 4.11. The van der Waals surface area contributed by atoms with E-state index >= 15 is 0 Å². The van der Waals surface area contributed by atoms with Gasteiger partial charge in [0.2, 0.25) is 5.91 Å². The Hall–Kier alpha value is -3.10. The Bertz CT molecular complexity index is 938. The molecule has 3 N–H and O–H groups in total. The van der Waals surface area contributed by atoms with Crippen LogP contribution in [-0.4, -0.2) is 21.1 Å². The number of nitroso groups, excluding NO2 is 1. The number of phenolic OH excluding ortho intramolecular Hbond substituents is 1. The van der Waals surface area contributed by atoms with Crippen LogP contribution in [0.25, 0.3) is 11.3 Å². The number of hydrogen-bond donors (Lipinski definition) is 3. The second-order valence-corrected chi connectivity index (χ2v) is 6.39. The highest BCUT2D eigenvalue weighted by molar-refractivity contribution is 7.14. The van der Waals surface area contributed by atoms with E-state index < -0.39 is 0 Å². The molecular weight excluding hydrogens is 354 g/mol. The monoisotopic (exact) mass is 369 g/mol. The summed E-state index contributed by atoms with van der Waals surface area (Å²) in [6.45, 7) is -0.0366. The summed E-state index contributed by atoms with van der Waals surface area (Å²) in [7, 11) is 0. The molecule has 3 aromatic rings. The Morgan fingerprint density at radius 2 is 1.88 bits per heavy atom. The van der Waals surface area contributed by atoms with E-state index in [1.807, 2.05) is 0 Å². The Kier molecular flexibility index (Phi) is 5.35. The first-order valence-electron chi connectivity index (χ1n) is 7.70. The number of carbonyl (C=O) groups is 1. The third-order valence-corrected chi connectivity index (χ3v) is 4.44. The second-order valence-electron chi connectivity index (χ2n) is 5.53. The van der Waals surface area contributed by atoms with Crippen LogP contribution in [-0.2, 0) is 17.8 Å². The number of aliphatic hydroxyl groups excluding tert-OH is 1. The van der Waals surface area contributed by atoms with Crippen molar-refractivity contribution in [3.8, 4) is 17.0 Å². The molecule has 0 bridgehead atoms. The molecular formula is C18H15N3O4S. The molecule has 132 valence electrons. The fourth-order valence-corrected chi connectivity index (χ4v) is 3.09. The van der Waals surface area contributed by atoms with Crippen LogP contribution in [0.2, 0.25) is 0 Å². The zero-order valence-corrected chi connectivity index (χ0v) is 14.4. The zero-order valence-electron chi connectivity index (χ0n) is 13.5. The minimum absolute atomic E-state index is 0.0366. The number of rotatable bonds is 6. The van der Waals surface area contributed by atoms with Crippen LogP contribution in [0.15, 0.2) is 53.0 Å². The summed E-state index contributed by atoms with van der Waals surface area (Å²) < 4.78 is 0. The van der Waals surface area contributed by atoms with E-state index in [1.54, 1.807) is 35.7 Å². The SMILES string of the molecule is O=Nc1ccc(-c2csc(NC(=O)Cc3ccc(CO)cc3)n2)c(O)c1. The molecule has 0 aliphatic carbocycles. The summed E-state index contributed by atoms with van der Waals surface area (Å²) in [4.78, 5) is 26.9. The van der Waals surface area contributed by atoms with Crippen molar-refractivity contribution in [2.75, 3.05) is 5.32 Å². The average molecular weight is 369 g/mol. The molecule has 0 aliphatic heterocycles. The number of anilines is 1. The first-order valence-corrected chi connectivity index (χ1v) is 8.58. The maximum Gasteiger partial charge on any atom is 0.230 e. The molecule has 0 saturated carbocycles. The van der Waals surface area contributed by atoms with Crippen LogP contribution in [0.4, 0.5) is 10.8 Å². The molecule has 3 rings (SSSR count). The Morgan fingerprint density at radius 1 is 1.15 bits per heavy atom. The lowest BCUT2D eigenvalue weighted by Crippen LogP contribution is -2.14. The zero-order chi connectivity index (χ0) is 18.5. The fourth-order valence-electron chi connectivity index (χ4n) is 2.36. The van der Waals surface area contributed by atoms with E-state index in [4.69, 9.17) is 5.11 Å². The molecule has 0 atom stereocenters. The predicted molar refractivity (Wildman–Crippen MR) is 99.4 cm³/mol. The fraction of sp³-hybridized carbons (Fsp3) is 0.111. The standard InChI is InChI=1S/C18H15N3O4S/c22-9-12-3-1-11(2-4-12)7-17(24)20-18-19-15(10-26-18)14-6-5-13(21-25)8-16(14)23/h1-6,8,10,22-23H,7,9H2,(H,19,20,24). The Labute approximate surface area is 152 Å². The summed E-state index contributed by atoms with van der Waals surface area (Å²) in [6.07, 6.45) is 0.186. The third-order valence-electron chi connectivity index (χ3n) is 3.68. The summed E-state index contributed by atoms with van der Waals surface area (Å²) in [5, 5.41) is 26.6.